The maximum Gasteiger partial charge on any atom is 0.316 e. The van der Waals surface area contributed by atoms with Crippen LogP contribution in [0, 0.1) is 0 Å². The summed E-state index contributed by atoms with van der Waals surface area (Å²) in [7, 11) is 0. The Balaban J connectivity index is 1.45. The third-order valence-corrected chi connectivity index (χ3v) is 3.97. The van der Waals surface area contributed by atoms with Crippen LogP contribution in [0.2, 0.25) is 0 Å². The Bertz CT molecular complexity index is 691. The molecule has 1 saturated heterocycles. The Hall–Kier alpha value is -2.76. The standard InChI is InChI=1S/C18H19N3O3/c22-16(14-5-2-1-3-6-14)7-8-17(23)21-12-9-15(13-21)24-18-19-10-4-11-20-18/h1-6,10-11,15H,7-9,12-13H2. The van der Waals surface area contributed by atoms with Crippen molar-refractivity contribution in [3.05, 3.63) is 54.4 Å². The minimum atomic E-state index is -0.0961. The van der Waals surface area contributed by atoms with Crippen molar-refractivity contribution < 1.29 is 14.3 Å². The molecule has 24 heavy (non-hydrogen) atoms. The van der Waals surface area contributed by atoms with E-state index in [2.05, 4.69) is 9.97 Å². The number of ether oxygens (including phenoxy) is 1. The number of nitrogens with zero attached hydrogens (tertiary/aromatic N) is 3. The molecule has 1 aliphatic heterocycles. The summed E-state index contributed by atoms with van der Waals surface area (Å²) in [6.07, 6.45) is 4.34. The van der Waals surface area contributed by atoms with Crippen LogP contribution in [-0.4, -0.2) is 45.8 Å². The van der Waals surface area contributed by atoms with Crippen molar-refractivity contribution in [3.8, 4) is 6.01 Å². The van der Waals surface area contributed by atoms with Crippen LogP contribution >= 0.6 is 0 Å². The normalized spacial score (nSPS) is 16.8. The maximum atomic E-state index is 12.3. The lowest BCUT2D eigenvalue weighted by Crippen LogP contribution is -2.31. The molecule has 0 radical (unpaired) electrons. The van der Waals surface area contributed by atoms with Crippen molar-refractivity contribution in [2.75, 3.05) is 13.1 Å². The number of likely N-dealkylation sites (tertiary alicyclic amines) is 1. The zero-order valence-corrected chi connectivity index (χ0v) is 13.3. The van der Waals surface area contributed by atoms with Crippen molar-refractivity contribution in [1.29, 1.82) is 0 Å². The highest BCUT2D eigenvalue weighted by atomic mass is 16.5. The molecule has 3 rings (SSSR count). The van der Waals surface area contributed by atoms with Gasteiger partial charge in [-0.3, -0.25) is 9.59 Å². The maximum absolute atomic E-state index is 12.3. The van der Waals surface area contributed by atoms with E-state index in [1.165, 1.54) is 0 Å². The molecular weight excluding hydrogens is 306 g/mol. The van der Waals surface area contributed by atoms with E-state index in [1.54, 1.807) is 35.5 Å². The van der Waals surface area contributed by atoms with Crippen LogP contribution < -0.4 is 4.74 Å². The van der Waals surface area contributed by atoms with Gasteiger partial charge in [0.15, 0.2) is 5.78 Å². The number of rotatable bonds is 6. The minimum Gasteiger partial charge on any atom is -0.458 e. The molecule has 0 saturated carbocycles. The van der Waals surface area contributed by atoms with Crippen molar-refractivity contribution in [2.24, 2.45) is 0 Å². The lowest BCUT2D eigenvalue weighted by atomic mass is 10.1. The second-order valence-corrected chi connectivity index (χ2v) is 5.69. The Labute approximate surface area is 140 Å². The number of carbonyl (C=O) groups excluding carboxylic acids is 2. The fourth-order valence-corrected chi connectivity index (χ4v) is 2.69. The van der Waals surface area contributed by atoms with Crippen molar-refractivity contribution in [3.63, 3.8) is 0 Å². The molecule has 6 heteroatoms. The Morgan fingerprint density at radius 2 is 1.83 bits per heavy atom. The van der Waals surface area contributed by atoms with Gasteiger partial charge in [-0.05, 0) is 6.07 Å². The molecule has 1 amide bonds. The number of ketones is 1. The summed E-state index contributed by atoms with van der Waals surface area (Å²) in [5, 5.41) is 0. The van der Waals surface area contributed by atoms with Crippen LogP contribution in [-0.2, 0) is 4.79 Å². The molecule has 2 heterocycles. The van der Waals surface area contributed by atoms with Crippen molar-refractivity contribution in [1.82, 2.24) is 14.9 Å². The average molecular weight is 325 g/mol. The van der Waals surface area contributed by atoms with Gasteiger partial charge in [0.2, 0.25) is 5.91 Å². The fourth-order valence-electron chi connectivity index (χ4n) is 2.69. The summed E-state index contributed by atoms with van der Waals surface area (Å²) >= 11 is 0. The number of amides is 1. The molecule has 2 aromatic rings. The third kappa shape index (κ3) is 4.16. The van der Waals surface area contributed by atoms with Crippen LogP contribution in [0.3, 0.4) is 0 Å². The SMILES string of the molecule is O=C(CCC(=O)N1CCC(Oc2ncccn2)C1)c1ccccc1. The van der Waals surface area contributed by atoms with Crippen LogP contribution in [0.1, 0.15) is 29.6 Å². The van der Waals surface area contributed by atoms with E-state index >= 15 is 0 Å². The van der Waals surface area contributed by atoms with Gasteiger partial charge < -0.3 is 9.64 Å². The lowest BCUT2D eigenvalue weighted by Gasteiger charge is -2.16. The number of aromatic nitrogens is 2. The highest BCUT2D eigenvalue weighted by molar-refractivity contribution is 5.97. The number of hydrogen-bond donors (Lipinski definition) is 0. The Morgan fingerprint density at radius 3 is 2.58 bits per heavy atom. The second kappa shape index (κ2) is 7.68. The minimum absolute atomic E-state index is 0.00590. The average Bonchev–Trinajstić information content (AvgIpc) is 3.09. The van der Waals surface area contributed by atoms with E-state index in [0.29, 0.717) is 24.7 Å². The molecule has 1 atom stereocenters. The van der Waals surface area contributed by atoms with Gasteiger partial charge in [-0.2, -0.15) is 0 Å². The van der Waals surface area contributed by atoms with Crippen LogP contribution in [0.4, 0.5) is 0 Å². The molecule has 0 N–H and O–H groups in total. The molecule has 1 aliphatic rings. The van der Waals surface area contributed by atoms with E-state index in [0.717, 1.165) is 6.42 Å². The summed E-state index contributed by atoms with van der Waals surface area (Å²) in [5.74, 6) is -0.0204. The first kappa shape index (κ1) is 16.1. The second-order valence-electron chi connectivity index (χ2n) is 5.69. The zero-order chi connectivity index (χ0) is 16.8. The topological polar surface area (TPSA) is 72.4 Å². The van der Waals surface area contributed by atoms with Gasteiger partial charge in [0, 0.05) is 43.8 Å². The van der Waals surface area contributed by atoms with E-state index in [-0.39, 0.29) is 30.6 Å². The molecule has 1 aromatic heterocycles. The van der Waals surface area contributed by atoms with Crippen molar-refractivity contribution in [2.45, 2.75) is 25.4 Å². The van der Waals surface area contributed by atoms with Crippen molar-refractivity contribution >= 4 is 11.7 Å². The number of hydrogen-bond acceptors (Lipinski definition) is 5. The van der Waals surface area contributed by atoms with Gasteiger partial charge in [-0.15, -0.1) is 0 Å². The fraction of sp³-hybridized carbons (Fsp3) is 0.333. The largest absolute Gasteiger partial charge is 0.458 e. The molecule has 0 aliphatic carbocycles. The molecule has 1 unspecified atom stereocenters. The molecular formula is C18H19N3O3. The number of carbonyl (C=O) groups is 2. The lowest BCUT2D eigenvalue weighted by molar-refractivity contribution is -0.130. The molecule has 0 spiro atoms. The summed E-state index contributed by atoms with van der Waals surface area (Å²) in [6.45, 7) is 1.15. The third-order valence-electron chi connectivity index (χ3n) is 3.97. The van der Waals surface area contributed by atoms with Crippen LogP contribution in [0.5, 0.6) is 6.01 Å². The van der Waals surface area contributed by atoms with E-state index < -0.39 is 0 Å². The summed E-state index contributed by atoms with van der Waals surface area (Å²) in [5.41, 5.74) is 0.647. The van der Waals surface area contributed by atoms with Gasteiger partial charge in [0.05, 0.1) is 6.54 Å². The number of benzene rings is 1. The van der Waals surface area contributed by atoms with E-state index in [4.69, 9.17) is 4.74 Å². The van der Waals surface area contributed by atoms with E-state index in [1.807, 2.05) is 18.2 Å². The first-order valence-electron chi connectivity index (χ1n) is 8.02. The van der Waals surface area contributed by atoms with Gasteiger partial charge in [0.25, 0.3) is 0 Å². The molecule has 0 bridgehead atoms. The predicted molar refractivity (Wildman–Crippen MR) is 87.7 cm³/mol. The van der Waals surface area contributed by atoms with Gasteiger partial charge in [0.1, 0.15) is 6.10 Å². The first-order chi connectivity index (χ1) is 11.7. The zero-order valence-electron chi connectivity index (χ0n) is 13.3. The summed E-state index contributed by atoms with van der Waals surface area (Å²) in [4.78, 5) is 34.1. The number of Topliss-reactive ketones (excluding diaryl/α,β-unsaturated/α-hetero) is 1. The highest BCUT2D eigenvalue weighted by Crippen LogP contribution is 2.16. The van der Waals surface area contributed by atoms with E-state index in [9.17, 15) is 9.59 Å². The van der Waals surface area contributed by atoms with Gasteiger partial charge in [-0.25, -0.2) is 9.97 Å². The highest BCUT2D eigenvalue weighted by Gasteiger charge is 2.28. The predicted octanol–water partition coefficient (Wildman–Crippen LogP) is 2.12. The summed E-state index contributed by atoms with van der Waals surface area (Å²) in [6, 6.07) is 11.1. The molecule has 124 valence electrons. The Morgan fingerprint density at radius 1 is 1.08 bits per heavy atom. The van der Waals surface area contributed by atoms with Gasteiger partial charge >= 0.3 is 6.01 Å². The summed E-state index contributed by atoms with van der Waals surface area (Å²) < 4.78 is 5.67. The quantitative estimate of drug-likeness (QED) is 0.761. The van der Waals surface area contributed by atoms with Gasteiger partial charge in [-0.1, -0.05) is 30.3 Å². The first-order valence-corrected chi connectivity index (χ1v) is 8.02. The Kier molecular flexibility index (Phi) is 5.15. The molecule has 1 aromatic carbocycles. The van der Waals surface area contributed by atoms with Crippen LogP contribution in [0.15, 0.2) is 48.8 Å². The smallest absolute Gasteiger partial charge is 0.316 e. The monoisotopic (exact) mass is 325 g/mol. The molecule has 1 fully saturated rings. The van der Waals surface area contributed by atoms with Crippen LogP contribution in [0.25, 0.3) is 0 Å². The molecule has 6 nitrogen and oxygen atoms in total.